The molecule has 0 saturated heterocycles. The second kappa shape index (κ2) is 5.09. The van der Waals surface area contributed by atoms with Gasteiger partial charge in [-0.15, -0.1) is 0 Å². The fraction of sp³-hybridized carbons (Fsp3) is 0.571. The molecular formula is C14H20ClN. The molecular weight excluding hydrogens is 218 g/mol. The van der Waals surface area contributed by atoms with E-state index in [0.717, 1.165) is 23.2 Å². The number of hydrogen-bond donors (Lipinski definition) is 1. The van der Waals surface area contributed by atoms with E-state index in [2.05, 4.69) is 25.2 Å². The van der Waals surface area contributed by atoms with Crippen molar-refractivity contribution in [2.24, 2.45) is 5.92 Å². The van der Waals surface area contributed by atoms with Crippen LogP contribution in [0.3, 0.4) is 0 Å². The van der Waals surface area contributed by atoms with Crippen molar-refractivity contribution in [1.82, 2.24) is 0 Å². The Morgan fingerprint density at radius 2 is 1.94 bits per heavy atom. The highest BCUT2D eigenvalue weighted by Gasteiger charge is 2.15. The number of halogens is 1. The van der Waals surface area contributed by atoms with Gasteiger partial charge in [0.2, 0.25) is 0 Å². The van der Waals surface area contributed by atoms with Gasteiger partial charge in [-0.05, 0) is 49.8 Å². The van der Waals surface area contributed by atoms with Crippen LogP contribution < -0.4 is 5.32 Å². The number of aryl methyl sites for hydroxylation is 2. The molecule has 1 N–H and O–H groups in total. The van der Waals surface area contributed by atoms with Crippen molar-refractivity contribution in [2.45, 2.75) is 39.5 Å². The first-order chi connectivity index (χ1) is 7.66. The molecule has 0 radical (unpaired) electrons. The van der Waals surface area contributed by atoms with Gasteiger partial charge in [0.25, 0.3) is 0 Å². The molecule has 0 atom stereocenters. The lowest BCUT2D eigenvalue weighted by Gasteiger charge is -2.15. The zero-order chi connectivity index (χ0) is 11.5. The van der Waals surface area contributed by atoms with E-state index in [0.29, 0.717) is 0 Å². The Hall–Kier alpha value is -0.690. The predicted octanol–water partition coefficient (Wildman–Crippen LogP) is 4.56. The zero-order valence-electron chi connectivity index (χ0n) is 10.1. The van der Waals surface area contributed by atoms with Gasteiger partial charge in [0.1, 0.15) is 0 Å². The lowest BCUT2D eigenvalue weighted by Crippen LogP contribution is -2.12. The SMILES string of the molecule is Cc1cc(C)c(NCC2CCCC2)c(Cl)c1. The summed E-state index contributed by atoms with van der Waals surface area (Å²) in [4.78, 5) is 0. The van der Waals surface area contributed by atoms with Crippen molar-refractivity contribution in [3.8, 4) is 0 Å². The van der Waals surface area contributed by atoms with E-state index in [9.17, 15) is 0 Å². The van der Waals surface area contributed by atoms with Crippen LogP contribution in [-0.4, -0.2) is 6.54 Å². The van der Waals surface area contributed by atoms with Crippen LogP contribution in [0.4, 0.5) is 5.69 Å². The number of rotatable bonds is 3. The lowest BCUT2D eigenvalue weighted by atomic mass is 10.1. The summed E-state index contributed by atoms with van der Waals surface area (Å²) in [7, 11) is 0. The Morgan fingerprint density at radius 3 is 2.56 bits per heavy atom. The van der Waals surface area contributed by atoms with Crippen LogP contribution in [0.5, 0.6) is 0 Å². The molecule has 1 saturated carbocycles. The van der Waals surface area contributed by atoms with Crippen LogP contribution in [0.2, 0.25) is 5.02 Å². The van der Waals surface area contributed by atoms with Crippen molar-refractivity contribution in [2.75, 3.05) is 11.9 Å². The summed E-state index contributed by atoms with van der Waals surface area (Å²) in [5.74, 6) is 0.844. The van der Waals surface area contributed by atoms with Crippen LogP contribution in [0, 0.1) is 19.8 Å². The van der Waals surface area contributed by atoms with E-state index in [1.165, 1.54) is 36.8 Å². The molecule has 1 aromatic rings. The molecule has 1 nitrogen and oxygen atoms in total. The zero-order valence-corrected chi connectivity index (χ0v) is 10.9. The molecule has 0 bridgehead atoms. The number of hydrogen-bond acceptors (Lipinski definition) is 1. The molecule has 0 spiro atoms. The second-order valence-corrected chi connectivity index (χ2v) is 5.38. The largest absolute Gasteiger partial charge is 0.383 e. The van der Waals surface area contributed by atoms with Crippen LogP contribution in [0.1, 0.15) is 36.8 Å². The molecule has 2 heteroatoms. The average molecular weight is 238 g/mol. The molecule has 88 valence electrons. The van der Waals surface area contributed by atoms with Crippen molar-refractivity contribution in [3.63, 3.8) is 0 Å². The monoisotopic (exact) mass is 237 g/mol. The van der Waals surface area contributed by atoms with Gasteiger partial charge in [-0.3, -0.25) is 0 Å². The Morgan fingerprint density at radius 1 is 1.25 bits per heavy atom. The fourth-order valence-corrected chi connectivity index (χ4v) is 2.99. The molecule has 1 aromatic carbocycles. The van der Waals surface area contributed by atoms with Gasteiger partial charge in [-0.2, -0.15) is 0 Å². The third-order valence-corrected chi connectivity index (χ3v) is 3.77. The molecule has 0 aromatic heterocycles. The minimum Gasteiger partial charge on any atom is -0.383 e. The Labute approximate surface area is 103 Å². The van der Waals surface area contributed by atoms with E-state index in [1.54, 1.807) is 0 Å². The molecule has 0 unspecified atom stereocenters. The topological polar surface area (TPSA) is 12.0 Å². The van der Waals surface area contributed by atoms with Gasteiger partial charge in [0.15, 0.2) is 0 Å². The molecule has 1 fully saturated rings. The molecule has 1 aliphatic carbocycles. The normalized spacial score (nSPS) is 16.7. The summed E-state index contributed by atoms with van der Waals surface area (Å²) < 4.78 is 0. The number of anilines is 1. The summed E-state index contributed by atoms with van der Waals surface area (Å²) in [6.45, 7) is 5.28. The first kappa shape index (κ1) is 11.8. The second-order valence-electron chi connectivity index (χ2n) is 4.97. The Balaban J connectivity index is 2.03. The molecule has 0 amide bonds. The summed E-state index contributed by atoms with van der Waals surface area (Å²) in [6, 6.07) is 4.22. The van der Waals surface area contributed by atoms with Gasteiger partial charge in [0.05, 0.1) is 10.7 Å². The van der Waals surface area contributed by atoms with Crippen molar-refractivity contribution in [1.29, 1.82) is 0 Å². The van der Waals surface area contributed by atoms with Crippen LogP contribution in [-0.2, 0) is 0 Å². The van der Waals surface area contributed by atoms with Gasteiger partial charge >= 0.3 is 0 Å². The molecule has 1 aliphatic rings. The van der Waals surface area contributed by atoms with Crippen molar-refractivity contribution < 1.29 is 0 Å². The minimum absolute atomic E-state index is 0.844. The van der Waals surface area contributed by atoms with Crippen LogP contribution in [0.25, 0.3) is 0 Å². The third-order valence-electron chi connectivity index (χ3n) is 3.47. The molecule has 0 aliphatic heterocycles. The Bertz CT molecular complexity index is 344. The fourth-order valence-electron chi connectivity index (χ4n) is 2.60. The van der Waals surface area contributed by atoms with Gasteiger partial charge in [-0.1, -0.05) is 30.5 Å². The highest BCUT2D eigenvalue weighted by Crippen LogP contribution is 2.30. The number of benzene rings is 1. The highest BCUT2D eigenvalue weighted by molar-refractivity contribution is 6.33. The maximum Gasteiger partial charge on any atom is 0.0642 e. The van der Waals surface area contributed by atoms with E-state index in [4.69, 9.17) is 11.6 Å². The summed E-state index contributed by atoms with van der Waals surface area (Å²) >= 11 is 6.26. The molecule has 0 heterocycles. The minimum atomic E-state index is 0.844. The summed E-state index contributed by atoms with van der Waals surface area (Å²) in [6.07, 6.45) is 5.53. The first-order valence-corrected chi connectivity index (χ1v) is 6.55. The van der Waals surface area contributed by atoms with E-state index >= 15 is 0 Å². The lowest BCUT2D eigenvalue weighted by molar-refractivity contribution is 0.580. The van der Waals surface area contributed by atoms with Gasteiger partial charge in [0, 0.05) is 6.54 Å². The smallest absolute Gasteiger partial charge is 0.0642 e. The summed E-state index contributed by atoms with van der Waals surface area (Å²) in [5, 5.41) is 4.38. The van der Waals surface area contributed by atoms with Gasteiger partial charge in [-0.25, -0.2) is 0 Å². The summed E-state index contributed by atoms with van der Waals surface area (Å²) in [5.41, 5.74) is 3.61. The Kier molecular flexibility index (Phi) is 3.75. The maximum atomic E-state index is 6.26. The maximum absolute atomic E-state index is 6.26. The predicted molar refractivity (Wildman–Crippen MR) is 71.4 cm³/mol. The van der Waals surface area contributed by atoms with Crippen molar-refractivity contribution >= 4 is 17.3 Å². The third kappa shape index (κ3) is 2.70. The molecule has 2 rings (SSSR count). The van der Waals surface area contributed by atoms with E-state index in [1.807, 2.05) is 6.07 Å². The molecule has 16 heavy (non-hydrogen) atoms. The number of nitrogens with one attached hydrogen (secondary N) is 1. The highest BCUT2D eigenvalue weighted by atomic mass is 35.5. The van der Waals surface area contributed by atoms with Crippen LogP contribution in [0.15, 0.2) is 12.1 Å². The van der Waals surface area contributed by atoms with Crippen LogP contribution >= 0.6 is 11.6 Å². The quantitative estimate of drug-likeness (QED) is 0.813. The average Bonchev–Trinajstić information content (AvgIpc) is 2.68. The van der Waals surface area contributed by atoms with Crippen molar-refractivity contribution in [3.05, 3.63) is 28.3 Å². The van der Waals surface area contributed by atoms with Gasteiger partial charge < -0.3 is 5.32 Å². The first-order valence-electron chi connectivity index (χ1n) is 6.17. The van der Waals surface area contributed by atoms with E-state index < -0.39 is 0 Å². The standard InChI is InChI=1S/C14H20ClN/c1-10-7-11(2)14(13(15)8-10)16-9-12-5-3-4-6-12/h7-8,12,16H,3-6,9H2,1-2H3. The van der Waals surface area contributed by atoms with E-state index in [-0.39, 0.29) is 0 Å².